The number of nitrogens with one attached hydrogen (secondary N) is 3. The molecule has 1 fully saturated rings. The van der Waals surface area contributed by atoms with Crippen molar-refractivity contribution in [2.24, 2.45) is 0 Å². The van der Waals surface area contributed by atoms with Gasteiger partial charge >= 0.3 is 0 Å². The fourth-order valence-corrected chi connectivity index (χ4v) is 1.94. The van der Waals surface area contributed by atoms with Gasteiger partial charge in [-0.15, -0.1) is 0 Å². The average molecular weight is 205 g/mol. The molecule has 0 amide bonds. The minimum atomic E-state index is 0.631. The normalized spacial score (nSPS) is 17.4. The Kier molecular flexibility index (Phi) is 3.45. The highest BCUT2D eigenvalue weighted by molar-refractivity contribution is 5.53. The monoisotopic (exact) mass is 205 g/mol. The molecule has 0 bridgehead atoms. The van der Waals surface area contributed by atoms with E-state index in [1.807, 2.05) is 7.05 Å². The van der Waals surface area contributed by atoms with E-state index in [1.165, 1.54) is 18.5 Å². The second-order valence-electron chi connectivity index (χ2n) is 4.00. The third-order valence-corrected chi connectivity index (χ3v) is 2.88. The number of benzene rings is 1. The van der Waals surface area contributed by atoms with Gasteiger partial charge in [0.25, 0.3) is 0 Å². The lowest BCUT2D eigenvalue weighted by Gasteiger charge is -2.24. The van der Waals surface area contributed by atoms with Gasteiger partial charge in [0, 0.05) is 24.5 Å². The van der Waals surface area contributed by atoms with E-state index in [4.69, 9.17) is 0 Å². The molecule has 0 radical (unpaired) electrons. The van der Waals surface area contributed by atoms with Crippen LogP contribution in [-0.4, -0.2) is 26.2 Å². The topological polar surface area (TPSA) is 36.1 Å². The predicted molar refractivity (Wildman–Crippen MR) is 65.5 cm³/mol. The van der Waals surface area contributed by atoms with E-state index in [9.17, 15) is 0 Å². The van der Waals surface area contributed by atoms with Crippen molar-refractivity contribution in [3.05, 3.63) is 24.3 Å². The molecule has 1 heterocycles. The second kappa shape index (κ2) is 5.03. The van der Waals surface area contributed by atoms with Crippen molar-refractivity contribution in [3.8, 4) is 0 Å². The molecule has 1 aliphatic heterocycles. The van der Waals surface area contributed by atoms with Crippen LogP contribution in [0.2, 0.25) is 0 Å². The molecular weight excluding hydrogens is 186 g/mol. The van der Waals surface area contributed by atoms with E-state index < -0.39 is 0 Å². The van der Waals surface area contributed by atoms with Gasteiger partial charge in [-0.2, -0.15) is 0 Å². The summed E-state index contributed by atoms with van der Waals surface area (Å²) < 4.78 is 0. The van der Waals surface area contributed by atoms with Crippen LogP contribution in [0.1, 0.15) is 12.8 Å². The molecule has 0 aromatic heterocycles. The summed E-state index contributed by atoms with van der Waals surface area (Å²) in [6, 6.07) is 9.10. The van der Waals surface area contributed by atoms with Crippen LogP contribution in [0, 0.1) is 0 Å². The highest BCUT2D eigenvalue weighted by Gasteiger charge is 2.11. The molecule has 2 rings (SSSR count). The van der Waals surface area contributed by atoms with Crippen molar-refractivity contribution in [3.63, 3.8) is 0 Å². The van der Waals surface area contributed by atoms with Crippen molar-refractivity contribution in [1.82, 2.24) is 5.32 Å². The number of rotatable bonds is 3. The Morgan fingerprint density at radius 3 is 2.27 bits per heavy atom. The minimum Gasteiger partial charge on any atom is -0.388 e. The van der Waals surface area contributed by atoms with Crippen LogP contribution in [-0.2, 0) is 0 Å². The maximum Gasteiger partial charge on any atom is 0.0343 e. The molecule has 3 nitrogen and oxygen atoms in total. The van der Waals surface area contributed by atoms with Gasteiger partial charge in [0.15, 0.2) is 0 Å². The molecule has 0 saturated carbocycles. The van der Waals surface area contributed by atoms with Crippen LogP contribution in [0.5, 0.6) is 0 Å². The molecule has 1 aromatic carbocycles. The summed E-state index contributed by atoms with van der Waals surface area (Å²) in [6.07, 6.45) is 2.43. The SMILES string of the molecule is CNc1ccc(NC2CCNCC2)cc1. The molecule has 0 aliphatic carbocycles. The smallest absolute Gasteiger partial charge is 0.0343 e. The first-order valence-electron chi connectivity index (χ1n) is 5.63. The molecule has 0 spiro atoms. The van der Waals surface area contributed by atoms with Crippen molar-refractivity contribution < 1.29 is 0 Å². The van der Waals surface area contributed by atoms with Gasteiger partial charge in [-0.05, 0) is 50.2 Å². The Hall–Kier alpha value is -1.22. The van der Waals surface area contributed by atoms with Crippen LogP contribution in [0.4, 0.5) is 11.4 Å². The van der Waals surface area contributed by atoms with Gasteiger partial charge in [0.1, 0.15) is 0 Å². The second-order valence-corrected chi connectivity index (χ2v) is 4.00. The first-order chi connectivity index (χ1) is 7.38. The highest BCUT2D eigenvalue weighted by Crippen LogP contribution is 2.16. The molecule has 1 aliphatic rings. The van der Waals surface area contributed by atoms with E-state index >= 15 is 0 Å². The van der Waals surface area contributed by atoms with Crippen molar-refractivity contribution in [1.29, 1.82) is 0 Å². The number of hydrogen-bond donors (Lipinski definition) is 3. The Balaban J connectivity index is 1.91. The summed E-state index contributed by atoms with van der Waals surface area (Å²) in [5, 5.41) is 10.1. The molecule has 0 atom stereocenters. The summed E-state index contributed by atoms with van der Waals surface area (Å²) >= 11 is 0. The lowest BCUT2D eigenvalue weighted by molar-refractivity contribution is 0.479. The molecule has 82 valence electrons. The van der Waals surface area contributed by atoms with Crippen LogP contribution in [0.15, 0.2) is 24.3 Å². The lowest BCUT2D eigenvalue weighted by atomic mass is 10.1. The fourth-order valence-electron chi connectivity index (χ4n) is 1.94. The quantitative estimate of drug-likeness (QED) is 0.705. The van der Waals surface area contributed by atoms with Gasteiger partial charge in [0.05, 0.1) is 0 Å². The number of anilines is 2. The standard InChI is InChI=1S/C12H19N3/c1-13-10-2-4-11(5-3-10)15-12-6-8-14-9-7-12/h2-5,12-15H,6-9H2,1H3. The van der Waals surface area contributed by atoms with Crippen LogP contribution < -0.4 is 16.0 Å². The highest BCUT2D eigenvalue weighted by atomic mass is 15.0. The fraction of sp³-hybridized carbons (Fsp3) is 0.500. The maximum absolute atomic E-state index is 3.56. The zero-order valence-electron chi connectivity index (χ0n) is 9.22. The number of hydrogen-bond acceptors (Lipinski definition) is 3. The zero-order valence-corrected chi connectivity index (χ0v) is 9.22. The number of piperidine rings is 1. The van der Waals surface area contributed by atoms with E-state index in [0.717, 1.165) is 18.8 Å². The van der Waals surface area contributed by atoms with Gasteiger partial charge in [-0.25, -0.2) is 0 Å². The molecule has 1 saturated heterocycles. The van der Waals surface area contributed by atoms with E-state index in [2.05, 4.69) is 40.2 Å². The Bertz CT molecular complexity index is 288. The Morgan fingerprint density at radius 1 is 1.07 bits per heavy atom. The van der Waals surface area contributed by atoms with Gasteiger partial charge < -0.3 is 16.0 Å². The molecule has 1 aromatic rings. The van der Waals surface area contributed by atoms with Crippen LogP contribution in [0.3, 0.4) is 0 Å². The summed E-state index contributed by atoms with van der Waals surface area (Å²) in [5.74, 6) is 0. The molecule has 3 heteroatoms. The van der Waals surface area contributed by atoms with Crippen molar-refractivity contribution in [2.75, 3.05) is 30.8 Å². The molecule has 15 heavy (non-hydrogen) atoms. The summed E-state index contributed by atoms with van der Waals surface area (Å²) in [4.78, 5) is 0. The Labute approximate surface area is 91.3 Å². The van der Waals surface area contributed by atoms with Crippen molar-refractivity contribution in [2.45, 2.75) is 18.9 Å². The lowest BCUT2D eigenvalue weighted by Crippen LogP contribution is -2.35. The third kappa shape index (κ3) is 2.86. The Morgan fingerprint density at radius 2 is 1.67 bits per heavy atom. The van der Waals surface area contributed by atoms with E-state index in [0.29, 0.717) is 6.04 Å². The van der Waals surface area contributed by atoms with Crippen LogP contribution >= 0.6 is 0 Å². The van der Waals surface area contributed by atoms with Crippen LogP contribution in [0.25, 0.3) is 0 Å². The molecule has 3 N–H and O–H groups in total. The van der Waals surface area contributed by atoms with E-state index in [-0.39, 0.29) is 0 Å². The first-order valence-corrected chi connectivity index (χ1v) is 5.63. The van der Waals surface area contributed by atoms with Gasteiger partial charge in [-0.1, -0.05) is 0 Å². The summed E-state index contributed by atoms with van der Waals surface area (Å²) in [5.41, 5.74) is 2.38. The predicted octanol–water partition coefficient (Wildman–Crippen LogP) is 1.89. The maximum atomic E-state index is 3.56. The van der Waals surface area contributed by atoms with Gasteiger partial charge in [-0.3, -0.25) is 0 Å². The third-order valence-electron chi connectivity index (χ3n) is 2.88. The first kappa shape index (κ1) is 10.3. The summed E-state index contributed by atoms with van der Waals surface area (Å²) in [7, 11) is 1.94. The zero-order chi connectivity index (χ0) is 10.5. The molecule has 0 unspecified atom stereocenters. The largest absolute Gasteiger partial charge is 0.388 e. The average Bonchev–Trinajstić information content (AvgIpc) is 2.31. The van der Waals surface area contributed by atoms with E-state index in [1.54, 1.807) is 0 Å². The molecular formula is C12H19N3. The minimum absolute atomic E-state index is 0.631. The summed E-state index contributed by atoms with van der Waals surface area (Å²) in [6.45, 7) is 2.26. The van der Waals surface area contributed by atoms with Crippen molar-refractivity contribution >= 4 is 11.4 Å². The van der Waals surface area contributed by atoms with Gasteiger partial charge in [0.2, 0.25) is 0 Å².